The van der Waals surface area contributed by atoms with Crippen LogP contribution in [0.25, 0.3) is 0 Å². The van der Waals surface area contributed by atoms with Gasteiger partial charge in [-0.1, -0.05) is 53.2 Å². The van der Waals surface area contributed by atoms with Crippen molar-refractivity contribution in [2.75, 3.05) is 26.4 Å². The summed E-state index contributed by atoms with van der Waals surface area (Å²) in [4.78, 5) is 14.9. The van der Waals surface area contributed by atoms with E-state index in [4.69, 9.17) is 28.4 Å². The molecule has 0 bridgehead atoms. The Morgan fingerprint density at radius 3 is 2.00 bits per heavy atom. The number of esters is 1. The summed E-state index contributed by atoms with van der Waals surface area (Å²) in [6.45, 7) is 12.1. The number of aliphatic hydroxyl groups excluding tert-OH is 11. The van der Waals surface area contributed by atoms with E-state index in [1.165, 1.54) is 5.57 Å². The van der Waals surface area contributed by atoms with Gasteiger partial charge in [-0.25, -0.2) is 0 Å². The average Bonchev–Trinajstić information content (AvgIpc) is 3.26. The molecule has 8 rings (SSSR count). The summed E-state index contributed by atoms with van der Waals surface area (Å²) in [7, 11) is 0. The van der Waals surface area contributed by atoms with Crippen LogP contribution in [0, 0.1) is 50.2 Å². The van der Waals surface area contributed by atoms with Crippen LogP contribution >= 0.6 is 0 Å². The van der Waals surface area contributed by atoms with E-state index in [1.54, 1.807) is 0 Å². The second kappa shape index (κ2) is 17.8. The van der Waals surface area contributed by atoms with Crippen molar-refractivity contribution in [2.45, 2.75) is 198 Å². The molecule has 18 heteroatoms. The summed E-state index contributed by atoms with van der Waals surface area (Å²) in [5.41, 5.74) is -1.23. The summed E-state index contributed by atoms with van der Waals surface area (Å²) in [6, 6.07) is 0. The lowest BCUT2D eigenvalue weighted by Gasteiger charge is -2.71. The number of hydrogen-bond donors (Lipinski definition) is 11. The van der Waals surface area contributed by atoms with Crippen LogP contribution in [0.1, 0.15) is 106 Å². The number of fused-ring (bicyclic) bond motifs is 7. The van der Waals surface area contributed by atoms with Crippen molar-refractivity contribution in [1.29, 1.82) is 0 Å². The lowest BCUT2D eigenvalue weighted by molar-refractivity contribution is -0.328. The van der Waals surface area contributed by atoms with Gasteiger partial charge in [0.1, 0.15) is 67.1 Å². The summed E-state index contributed by atoms with van der Waals surface area (Å²) in [5.74, 6) is -0.485. The highest BCUT2D eigenvalue weighted by Gasteiger charge is 2.70. The van der Waals surface area contributed by atoms with Crippen LogP contribution in [0.4, 0.5) is 0 Å². The second-order valence-corrected chi connectivity index (χ2v) is 22.9. The lowest BCUT2D eigenvalue weighted by Crippen LogP contribution is -2.67. The first kappa shape index (κ1) is 50.0. The van der Waals surface area contributed by atoms with Gasteiger partial charge in [0.25, 0.3) is 0 Å². The monoisotopic (exact) mass is 929 g/mol. The smallest absolute Gasteiger partial charge is 0.315 e. The molecular weight excluding hydrogens is 852 g/mol. The Labute approximate surface area is 380 Å². The third-order valence-electron chi connectivity index (χ3n) is 19.0. The van der Waals surface area contributed by atoms with E-state index in [9.17, 15) is 61.0 Å². The van der Waals surface area contributed by atoms with Crippen LogP contribution in [0.15, 0.2) is 11.6 Å². The fourth-order valence-electron chi connectivity index (χ4n) is 14.7. The summed E-state index contributed by atoms with van der Waals surface area (Å²) < 4.78 is 35.2. The van der Waals surface area contributed by atoms with Crippen molar-refractivity contribution in [2.24, 2.45) is 50.2 Å². The third kappa shape index (κ3) is 7.89. The standard InChI is InChI=1S/C47H76O18/c1-42(2)13-15-47(41(59)65-40-37(58)34(55)32(53)26(63-40)20-61-38-36(57)33(54)31(52)25(18-48)62-38)16-14-45(5)22(23(47)17-42)7-8-28-43(3)11-10-29(64-39-35(56)30(51)24(50)19-60-39)44(4,21-49)27(43)9-12-46(28,45)6/h7,23-40,48-58H,8-21H2,1-6H3/t23?,24?,25?,26?,27?,28?,29?,30?,31?,32?,33?,34?,35?,36?,37?,38?,39?,40?,43?,44-,45+,46?,47?/m0/s1. The van der Waals surface area contributed by atoms with Crippen molar-refractivity contribution < 1.29 is 89.4 Å². The van der Waals surface area contributed by atoms with Crippen LogP contribution in [0.5, 0.6) is 0 Å². The Kier molecular flexibility index (Phi) is 13.7. The van der Waals surface area contributed by atoms with E-state index in [-0.39, 0.29) is 52.6 Å². The zero-order valence-corrected chi connectivity index (χ0v) is 38.6. The highest BCUT2D eigenvalue weighted by atomic mass is 16.7. The minimum atomic E-state index is -1.81. The molecule has 18 nitrogen and oxygen atoms in total. The Bertz CT molecular complexity index is 1760. The van der Waals surface area contributed by atoms with Crippen LogP contribution in [0.2, 0.25) is 0 Å². The number of carbonyl (C=O) groups is 1. The zero-order valence-electron chi connectivity index (χ0n) is 38.6. The van der Waals surface area contributed by atoms with Gasteiger partial charge in [0, 0.05) is 5.41 Å². The molecule has 65 heavy (non-hydrogen) atoms. The van der Waals surface area contributed by atoms with Gasteiger partial charge < -0.3 is 84.6 Å². The first-order chi connectivity index (χ1) is 30.4. The molecular formula is C47H76O18. The number of aliphatic hydroxyl groups is 11. The van der Waals surface area contributed by atoms with Crippen molar-refractivity contribution in [3.8, 4) is 0 Å². The van der Waals surface area contributed by atoms with Crippen LogP contribution < -0.4 is 0 Å². The SMILES string of the molecule is CC1(C)CCC2(C(=O)OC3OC(COC4OC(CO)C(O)C(O)C4O)C(O)C(O)C3O)CC[C@]3(C)C(=CCC4C5(C)CCC(OC6OCC(O)C(O)C6O)[C@@](C)(CO)C5CCC43C)C2C1. The van der Waals surface area contributed by atoms with Crippen molar-refractivity contribution in [3.63, 3.8) is 0 Å². The predicted molar refractivity (Wildman–Crippen MR) is 226 cm³/mol. The van der Waals surface area contributed by atoms with Gasteiger partial charge in [0.15, 0.2) is 12.6 Å². The molecule has 0 spiro atoms. The van der Waals surface area contributed by atoms with E-state index in [0.29, 0.717) is 25.7 Å². The second-order valence-electron chi connectivity index (χ2n) is 22.9. The van der Waals surface area contributed by atoms with Crippen LogP contribution in [-0.2, 0) is 33.2 Å². The highest BCUT2D eigenvalue weighted by molar-refractivity contribution is 5.79. The van der Waals surface area contributed by atoms with Gasteiger partial charge in [-0.2, -0.15) is 0 Å². The third-order valence-corrected chi connectivity index (χ3v) is 19.0. The molecule has 4 saturated carbocycles. The van der Waals surface area contributed by atoms with Crippen LogP contribution in [-0.4, -0.2) is 181 Å². The Morgan fingerprint density at radius 1 is 0.692 bits per heavy atom. The maximum absolute atomic E-state index is 14.9. The normalized spacial score (nSPS) is 54.3. The molecule has 11 N–H and O–H groups in total. The number of ether oxygens (including phenoxy) is 6. The minimum absolute atomic E-state index is 0.0557. The van der Waals surface area contributed by atoms with Crippen LogP contribution in [0.3, 0.4) is 0 Å². The molecule has 21 unspecified atom stereocenters. The van der Waals surface area contributed by atoms with Gasteiger partial charge in [0.05, 0.1) is 37.9 Å². The minimum Gasteiger partial charge on any atom is -0.432 e. The fraction of sp³-hybridized carbons (Fsp3) is 0.936. The summed E-state index contributed by atoms with van der Waals surface area (Å²) in [6.07, 6.45) is -12.5. The number of rotatable bonds is 9. The largest absolute Gasteiger partial charge is 0.432 e. The zero-order chi connectivity index (χ0) is 47.4. The van der Waals surface area contributed by atoms with E-state index in [0.717, 1.165) is 38.5 Å². The maximum Gasteiger partial charge on any atom is 0.315 e. The molecule has 0 aromatic carbocycles. The van der Waals surface area contributed by atoms with E-state index in [2.05, 4.69) is 47.6 Å². The number of allylic oxidation sites excluding steroid dienone is 2. The molecule has 5 aliphatic carbocycles. The Hall–Kier alpha value is -1.43. The number of hydrogen-bond acceptors (Lipinski definition) is 18. The van der Waals surface area contributed by atoms with Gasteiger partial charge in [-0.05, 0) is 104 Å². The maximum atomic E-state index is 14.9. The first-order valence-corrected chi connectivity index (χ1v) is 23.9. The molecule has 23 atom stereocenters. The molecule has 372 valence electrons. The Balaban J connectivity index is 1.02. The van der Waals surface area contributed by atoms with Crippen molar-refractivity contribution >= 4 is 5.97 Å². The first-order valence-electron chi connectivity index (χ1n) is 23.9. The van der Waals surface area contributed by atoms with Gasteiger partial charge in [-0.3, -0.25) is 4.79 Å². The van der Waals surface area contributed by atoms with Gasteiger partial charge in [-0.15, -0.1) is 0 Å². The lowest BCUT2D eigenvalue weighted by atomic mass is 9.33. The van der Waals surface area contributed by atoms with Crippen molar-refractivity contribution in [1.82, 2.24) is 0 Å². The molecule has 0 aromatic heterocycles. The Morgan fingerprint density at radius 2 is 1.32 bits per heavy atom. The molecule has 7 fully saturated rings. The van der Waals surface area contributed by atoms with E-state index in [1.807, 2.05) is 0 Å². The molecule has 0 amide bonds. The van der Waals surface area contributed by atoms with E-state index < -0.39 is 122 Å². The average molecular weight is 929 g/mol. The fourth-order valence-corrected chi connectivity index (χ4v) is 14.7. The quantitative estimate of drug-likeness (QED) is 0.0808. The summed E-state index contributed by atoms with van der Waals surface area (Å²) >= 11 is 0. The molecule has 0 radical (unpaired) electrons. The molecule has 8 aliphatic rings. The van der Waals surface area contributed by atoms with E-state index >= 15 is 0 Å². The van der Waals surface area contributed by atoms with Gasteiger partial charge >= 0.3 is 5.97 Å². The topological polar surface area (TPSA) is 295 Å². The summed E-state index contributed by atoms with van der Waals surface area (Å²) in [5, 5.41) is 116. The molecule has 3 aliphatic heterocycles. The highest BCUT2D eigenvalue weighted by Crippen LogP contribution is 2.76. The molecule has 3 saturated heterocycles. The molecule has 0 aromatic rings. The number of carbonyl (C=O) groups excluding carboxylic acids is 1. The predicted octanol–water partition coefficient (Wildman–Crippen LogP) is -0.248. The molecule has 3 heterocycles. The van der Waals surface area contributed by atoms with Crippen molar-refractivity contribution in [3.05, 3.63) is 11.6 Å². The van der Waals surface area contributed by atoms with Gasteiger partial charge in [0.2, 0.25) is 6.29 Å².